The average Bonchev–Trinajstić information content (AvgIpc) is 2.61. The van der Waals surface area contributed by atoms with Crippen LogP contribution in [0, 0.1) is 0 Å². The molecule has 0 bridgehead atoms. The molecule has 0 spiro atoms. The first kappa shape index (κ1) is 18.6. The van der Waals surface area contributed by atoms with E-state index in [2.05, 4.69) is 18.8 Å². The van der Waals surface area contributed by atoms with Gasteiger partial charge in [0.2, 0.25) is 0 Å². The molecule has 1 unspecified atom stereocenters. The van der Waals surface area contributed by atoms with Crippen LogP contribution in [-0.2, 0) is 0 Å². The van der Waals surface area contributed by atoms with Crippen LogP contribution in [0.25, 0.3) is 0 Å². The number of carbonyl (C=O) groups is 1. The summed E-state index contributed by atoms with van der Waals surface area (Å²) < 4.78 is 11.4. The maximum atomic E-state index is 12.5. The lowest BCUT2D eigenvalue weighted by molar-refractivity contribution is 0.102. The second-order valence-electron chi connectivity index (χ2n) is 6.06. The molecule has 0 saturated heterocycles. The number of para-hydroxylation sites is 1. The van der Waals surface area contributed by atoms with Crippen molar-refractivity contribution in [2.75, 3.05) is 11.9 Å². The van der Waals surface area contributed by atoms with Gasteiger partial charge in [-0.2, -0.15) is 0 Å². The molecule has 1 atom stereocenters. The lowest BCUT2D eigenvalue weighted by atomic mass is 10.1. The van der Waals surface area contributed by atoms with Gasteiger partial charge in [0.15, 0.2) is 0 Å². The number of nitrogens with one attached hydrogen (secondary N) is 1. The molecule has 2 aromatic rings. The van der Waals surface area contributed by atoms with Crippen LogP contribution in [0.3, 0.4) is 0 Å². The second-order valence-corrected chi connectivity index (χ2v) is 6.06. The van der Waals surface area contributed by atoms with Crippen LogP contribution in [0.4, 0.5) is 5.69 Å². The van der Waals surface area contributed by atoms with E-state index in [0.29, 0.717) is 23.6 Å². The smallest absolute Gasteiger partial charge is 0.259 e. The summed E-state index contributed by atoms with van der Waals surface area (Å²) in [5, 5.41) is 2.88. The first-order chi connectivity index (χ1) is 12.0. The van der Waals surface area contributed by atoms with Gasteiger partial charge in [-0.15, -0.1) is 0 Å². The van der Waals surface area contributed by atoms with Gasteiger partial charge in [0.1, 0.15) is 18.1 Å². The highest BCUT2D eigenvalue weighted by molar-refractivity contribution is 6.06. The second kappa shape index (κ2) is 8.92. The van der Waals surface area contributed by atoms with Gasteiger partial charge < -0.3 is 14.8 Å². The molecule has 132 valence electrons. The third-order valence-electron chi connectivity index (χ3n) is 3.63. The standard InChI is InChI=1S/C21H25NO3/c1-5-16(4)25-18-12-10-17(11-13-18)22-21(23)19-8-6-7-9-20(19)24-14-15(2)3/h6-13,16H,2,5,14H2,1,3-4H3,(H,22,23). The SMILES string of the molecule is C=C(C)COc1ccccc1C(=O)Nc1ccc(OC(C)CC)cc1. The van der Waals surface area contributed by atoms with Crippen LogP contribution >= 0.6 is 0 Å². The van der Waals surface area contributed by atoms with E-state index in [-0.39, 0.29) is 12.0 Å². The highest BCUT2D eigenvalue weighted by Crippen LogP contribution is 2.22. The number of amides is 1. The van der Waals surface area contributed by atoms with Gasteiger partial charge in [0, 0.05) is 5.69 Å². The Labute approximate surface area is 149 Å². The summed E-state index contributed by atoms with van der Waals surface area (Å²) in [5.74, 6) is 1.12. The van der Waals surface area contributed by atoms with Crippen molar-refractivity contribution in [1.82, 2.24) is 0 Å². The molecule has 1 N–H and O–H groups in total. The lowest BCUT2D eigenvalue weighted by Crippen LogP contribution is -2.14. The molecule has 0 aliphatic rings. The molecule has 2 rings (SSSR count). The van der Waals surface area contributed by atoms with Crippen LogP contribution in [0.5, 0.6) is 11.5 Å². The molecule has 0 aromatic heterocycles. The molecule has 0 aliphatic carbocycles. The molecule has 0 radical (unpaired) electrons. The van der Waals surface area contributed by atoms with Crippen molar-refractivity contribution in [1.29, 1.82) is 0 Å². The van der Waals surface area contributed by atoms with E-state index in [1.54, 1.807) is 12.1 Å². The minimum Gasteiger partial charge on any atom is -0.491 e. The molecule has 4 heteroatoms. The molecular weight excluding hydrogens is 314 g/mol. The fourth-order valence-corrected chi connectivity index (χ4v) is 2.11. The third kappa shape index (κ3) is 5.68. The number of hydrogen-bond acceptors (Lipinski definition) is 3. The summed E-state index contributed by atoms with van der Waals surface area (Å²) in [5.41, 5.74) is 2.09. The number of ether oxygens (including phenoxy) is 2. The zero-order valence-corrected chi connectivity index (χ0v) is 15.0. The van der Waals surface area contributed by atoms with Crippen molar-refractivity contribution in [3.63, 3.8) is 0 Å². The Morgan fingerprint density at radius 3 is 2.48 bits per heavy atom. The molecule has 0 heterocycles. The molecule has 4 nitrogen and oxygen atoms in total. The van der Waals surface area contributed by atoms with Crippen LogP contribution in [-0.4, -0.2) is 18.6 Å². The Balaban J connectivity index is 2.05. The largest absolute Gasteiger partial charge is 0.491 e. The Hall–Kier alpha value is -2.75. The normalized spacial score (nSPS) is 11.5. The van der Waals surface area contributed by atoms with Crippen LogP contribution in [0.2, 0.25) is 0 Å². The van der Waals surface area contributed by atoms with Crippen molar-refractivity contribution < 1.29 is 14.3 Å². The predicted octanol–water partition coefficient (Wildman–Crippen LogP) is 5.07. The van der Waals surface area contributed by atoms with Gasteiger partial charge in [-0.1, -0.05) is 25.6 Å². The third-order valence-corrected chi connectivity index (χ3v) is 3.63. The van der Waals surface area contributed by atoms with Crippen LogP contribution in [0.1, 0.15) is 37.6 Å². The molecule has 25 heavy (non-hydrogen) atoms. The van der Waals surface area contributed by atoms with Crippen molar-refractivity contribution in [3.05, 3.63) is 66.2 Å². The van der Waals surface area contributed by atoms with E-state index in [1.807, 2.05) is 50.2 Å². The average molecular weight is 339 g/mol. The molecule has 2 aromatic carbocycles. The summed E-state index contributed by atoms with van der Waals surface area (Å²) in [6, 6.07) is 14.5. The predicted molar refractivity (Wildman–Crippen MR) is 102 cm³/mol. The summed E-state index contributed by atoms with van der Waals surface area (Å²) in [4.78, 5) is 12.5. The Morgan fingerprint density at radius 2 is 1.84 bits per heavy atom. The van der Waals surface area contributed by atoms with Crippen LogP contribution < -0.4 is 14.8 Å². The Kier molecular flexibility index (Phi) is 6.63. The summed E-state index contributed by atoms with van der Waals surface area (Å²) >= 11 is 0. The lowest BCUT2D eigenvalue weighted by Gasteiger charge is -2.14. The van der Waals surface area contributed by atoms with E-state index in [4.69, 9.17) is 9.47 Å². The highest BCUT2D eigenvalue weighted by atomic mass is 16.5. The van der Waals surface area contributed by atoms with Crippen LogP contribution in [0.15, 0.2) is 60.7 Å². The maximum Gasteiger partial charge on any atom is 0.259 e. The van der Waals surface area contributed by atoms with E-state index in [9.17, 15) is 4.79 Å². The molecule has 0 fully saturated rings. The van der Waals surface area contributed by atoms with Crippen molar-refractivity contribution in [2.24, 2.45) is 0 Å². The highest BCUT2D eigenvalue weighted by Gasteiger charge is 2.12. The summed E-state index contributed by atoms with van der Waals surface area (Å²) in [6.45, 7) is 10.2. The Morgan fingerprint density at radius 1 is 1.16 bits per heavy atom. The van der Waals surface area contributed by atoms with Crippen molar-refractivity contribution in [3.8, 4) is 11.5 Å². The first-order valence-corrected chi connectivity index (χ1v) is 8.44. The number of carbonyl (C=O) groups excluding carboxylic acids is 1. The maximum absolute atomic E-state index is 12.5. The molecular formula is C21H25NO3. The van der Waals surface area contributed by atoms with Crippen molar-refractivity contribution in [2.45, 2.75) is 33.3 Å². The zero-order chi connectivity index (χ0) is 18.2. The van der Waals surface area contributed by atoms with Gasteiger partial charge in [-0.05, 0) is 62.2 Å². The number of rotatable bonds is 8. The van der Waals surface area contributed by atoms with E-state index in [1.165, 1.54) is 0 Å². The number of hydrogen-bond donors (Lipinski definition) is 1. The minimum absolute atomic E-state index is 0.165. The number of benzene rings is 2. The summed E-state index contributed by atoms with van der Waals surface area (Å²) in [6.07, 6.45) is 1.11. The zero-order valence-electron chi connectivity index (χ0n) is 15.0. The fourth-order valence-electron chi connectivity index (χ4n) is 2.11. The molecule has 0 aliphatic heterocycles. The number of anilines is 1. The monoisotopic (exact) mass is 339 g/mol. The van der Waals surface area contributed by atoms with Crippen molar-refractivity contribution >= 4 is 11.6 Å². The van der Waals surface area contributed by atoms with E-state index in [0.717, 1.165) is 17.7 Å². The molecule has 1 amide bonds. The summed E-state index contributed by atoms with van der Waals surface area (Å²) in [7, 11) is 0. The minimum atomic E-state index is -0.215. The van der Waals surface area contributed by atoms with E-state index < -0.39 is 0 Å². The quantitative estimate of drug-likeness (QED) is 0.683. The Bertz CT molecular complexity index is 722. The topological polar surface area (TPSA) is 47.6 Å². The van der Waals surface area contributed by atoms with Gasteiger partial charge in [-0.3, -0.25) is 4.79 Å². The van der Waals surface area contributed by atoms with Gasteiger partial charge >= 0.3 is 0 Å². The van der Waals surface area contributed by atoms with Gasteiger partial charge in [-0.25, -0.2) is 0 Å². The fraction of sp³-hybridized carbons (Fsp3) is 0.286. The van der Waals surface area contributed by atoms with Gasteiger partial charge in [0.25, 0.3) is 5.91 Å². The van der Waals surface area contributed by atoms with Gasteiger partial charge in [0.05, 0.1) is 11.7 Å². The molecule has 0 saturated carbocycles. The first-order valence-electron chi connectivity index (χ1n) is 8.44. The van der Waals surface area contributed by atoms with E-state index >= 15 is 0 Å².